The Morgan fingerprint density at radius 2 is 1.92 bits per heavy atom. The van der Waals surface area contributed by atoms with Crippen LogP contribution in [-0.4, -0.2) is 40.0 Å². The Balaban J connectivity index is 1.73. The second-order valence-electron chi connectivity index (χ2n) is 6.41. The van der Waals surface area contributed by atoms with E-state index in [4.69, 9.17) is 0 Å². The minimum absolute atomic E-state index is 0.0353. The number of aliphatic carboxylic acids is 1. The molecule has 0 radical (unpaired) electrons. The van der Waals surface area contributed by atoms with Crippen molar-refractivity contribution in [3.63, 3.8) is 0 Å². The summed E-state index contributed by atoms with van der Waals surface area (Å²) >= 11 is 1.44. The fourth-order valence-electron chi connectivity index (χ4n) is 3.37. The predicted octanol–water partition coefficient (Wildman–Crippen LogP) is 3.35. The number of thiazole rings is 1. The van der Waals surface area contributed by atoms with Crippen LogP contribution in [0.5, 0.6) is 0 Å². The van der Waals surface area contributed by atoms with Crippen molar-refractivity contribution in [2.75, 3.05) is 13.1 Å². The zero-order valence-corrected chi connectivity index (χ0v) is 15.1. The van der Waals surface area contributed by atoms with Crippen molar-refractivity contribution < 1.29 is 14.7 Å². The molecule has 1 fully saturated rings. The van der Waals surface area contributed by atoms with Crippen LogP contribution < -0.4 is 0 Å². The number of aryl methyl sites for hydroxylation is 1. The van der Waals surface area contributed by atoms with Gasteiger partial charge in [0.05, 0.1) is 16.6 Å². The number of carboxylic acids is 1. The first-order valence-corrected chi connectivity index (χ1v) is 9.41. The average Bonchev–Trinajstić information content (AvgIpc) is 3.11. The van der Waals surface area contributed by atoms with Crippen molar-refractivity contribution >= 4 is 23.2 Å². The Morgan fingerprint density at radius 3 is 2.52 bits per heavy atom. The molecule has 1 amide bonds. The first-order chi connectivity index (χ1) is 12.1. The third kappa shape index (κ3) is 3.44. The van der Waals surface area contributed by atoms with Gasteiger partial charge in [0.15, 0.2) is 0 Å². The molecule has 1 aliphatic heterocycles. The highest BCUT2D eigenvalue weighted by Crippen LogP contribution is 2.36. The molecular weight excluding hydrogens is 336 g/mol. The fourth-order valence-corrected chi connectivity index (χ4v) is 4.36. The summed E-state index contributed by atoms with van der Waals surface area (Å²) in [5, 5.41) is 10.8. The van der Waals surface area contributed by atoms with E-state index in [2.05, 4.69) is 11.9 Å². The number of aromatic nitrogens is 1. The first-order valence-electron chi connectivity index (χ1n) is 8.60. The summed E-state index contributed by atoms with van der Waals surface area (Å²) in [7, 11) is 0. The number of amides is 1. The number of rotatable bonds is 5. The summed E-state index contributed by atoms with van der Waals surface area (Å²) in [6.45, 7) is 2.98. The third-order valence-corrected chi connectivity index (χ3v) is 5.91. The van der Waals surface area contributed by atoms with Crippen LogP contribution in [0.25, 0.3) is 0 Å². The van der Waals surface area contributed by atoms with Crippen LogP contribution in [0.2, 0.25) is 0 Å². The average molecular weight is 358 g/mol. The lowest BCUT2D eigenvalue weighted by Gasteiger charge is -2.39. The summed E-state index contributed by atoms with van der Waals surface area (Å²) < 4.78 is 0. The van der Waals surface area contributed by atoms with Crippen molar-refractivity contribution in [1.82, 2.24) is 9.88 Å². The lowest BCUT2D eigenvalue weighted by Crippen LogP contribution is -2.49. The topological polar surface area (TPSA) is 70.5 Å². The Hall–Kier alpha value is -2.21. The highest BCUT2D eigenvalue weighted by Gasteiger charge is 2.44. The lowest BCUT2D eigenvalue weighted by molar-refractivity contribution is -0.145. The number of carboxylic acid groups (broad SMARTS) is 1. The minimum atomic E-state index is -0.904. The third-order valence-electron chi connectivity index (χ3n) is 4.87. The summed E-state index contributed by atoms with van der Waals surface area (Å²) in [6, 6.07) is 9.35. The summed E-state index contributed by atoms with van der Waals surface area (Å²) in [6.07, 6.45) is 4.39. The molecule has 1 aliphatic rings. The molecule has 1 saturated heterocycles. The molecule has 2 aromatic rings. The normalized spacial score (nSPS) is 16.6. The summed E-state index contributed by atoms with van der Waals surface area (Å²) in [5.74, 6) is -0.847. The molecule has 6 heteroatoms. The monoisotopic (exact) mass is 358 g/mol. The van der Waals surface area contributed by atoms with Crippen molar-refractivity contribution in [1.29, 1.82) is 0 Å². The second-order valence-corrected chi connectivity index (χ2v) is 7.53. The number of likely N-dealkylation sites (tertiary alicyclic amines) is 1. The van der Waals surface area contributed by atoms with Crippen LogP contribution in [0.15, 0.2) is 36.5 Å². The van der Waals surface area contributed by atoms with Crippen molar-refractivity contribution in [3.05, 3.63) is 52.0 Å². The minimum Gasteiger partial charge on any atom is -0.481 e. The zero-order chi connectivity index (χ0) is 17.9. The summed E-state index contributed by atoms with van der Waals surface area (Å²) in [5.41, 5.74) is -0.0864. The summed E-state index contributed by atoms with van der Waals surface area (Å²) in [4.78, 5) is 31.4. The molecule has 25 heavy (non-hydrogen) atoms. The van der Waals surface area contributed by atoms with Gasteiger partial charge in [-0.3, -0.25) is 9.59 Å². The number of carbonyl (C=O) groups is 2. The van der Waals surface area contributed by atoms with E-state index in [1.165, 1.54) is 11.3 Å². The van der Waals surface area contributed by atoms with E-state index in [0.717, 1.165) is 23.4 Å². The maximum absolute atomic E-state index is 12.7. The molecule has 1 aromatic heterocycles. The molecule has 0 atom stereocenters. The van der Waals surface area contributed by atoms with E-state index in [-0.39, 0.29) is 5.91 Å². The van der Waals surface area contributed by atoms with E-state index < -0.39 is 11.4 Å². The van der Waals surface area contributed by atoms with E-state index in [0.29, 0.717) is 30.8 Å². The predicted molar refractivity (Wildman–Crippen MR) is 97.0 cm³/mol. The molecule has 0 aliphatic carbocycles. The van der Waals surface area contributed by atoms with E-state index in [9.17, 15) is 14.7 Å². The molecule has 3 rings (SSSR count). The molecule has 1 N–H and O–H groups in total. The Morgan fingerprint density at radius 1 is 1.24 bits per heavy atom. The molecule has 0 unspecified atom stereocenters. The zero-order valence-electron chi connectivity index (χ0n) is 14.3. The van der Waals surface area contributed by atoms with Crippen LogP contribution in [0.1, 0.15) is 46.4 Å². The van der Waals surface area contributed by atoms with Gasteiger partial charge >= 0.3 is 5.97 Å². The largest absolute Gasteiger partial charge is 0.481 e. The molecule has 0 saturated carbocycles. The number of nitrogens with zero attached hydrogens (tertiary/aromatic N) is 2. The maximum Gasteiger partial charge on any atom is 0.314 e. The van der Waals surface area contributed by atoms with Crippen LogP contribution in [-0.2, 0) is 16.6 Å². The van der Waals surface area contributed by atoms with Gasteiger partial charge in [-0.15, -0.1) is 11.3 Å². The number of carbonyl (C=O) groups excluding carboxylic acids is 1. The molecule has 0 spiro atoms. The van der Waals surface area contributed by atoms with Crippen molar-refractivity contribution in [2.45, 2.75) is 38.0 Å². The van der Waals surface area contributed by atoms with Gasteiger partial charge in [-0.25, -0.2) is 4.98 Å². The van der Waals surface area contributed by atoms with Gasteiger partial charge in [-0.2, -0.15) is 0 Å². The molecule has 5 nitrogen and oxygen atoms in total. The van der Waals surface area contributed by atoms with E-state index >= 15 is 0 Å². The van der Waals surface area contributed by atoms with Crippen LogP contribution in [0.3, 0.4) is 0 Å². The van der Waals surface area contributed by atoms with Crippen LogP contribution in [0, 0.1) is 0 Å². The molecule has 0 bridgehead atoms. The Labute approximate surface area is 151 Å². The fraction of sp³-hybridized carbons (Fsp3) is 0.421. The van der Waals surface area contributed by atoms with Gasteiger partial charge in [-0.05, 0) is 31.2 Å². The quantitative estimate of drug-likeness (QED) is 0.890. The van der Waals surface area contributed by atoms with E-state index in [1.54, 1.807) is 11.1 Å². The van der Waals surface area contributed by atoms with Gasteiger partial charge in [-0.1, -0.05) is 37.3 Å². The standard InChI is InChI=1S/C19H22N2O3S/c1-2-6-16-20-13-15(25-16)17(22)21-11-9-19(10-12-21,18(23)24)14-7-4-3-5-8-14/h3-5,7-8,13H,2,6,9-12H2,1H3,(H,23,24). The van der Waals surface area contributed by atoms with Gasteiger partial charge in [0.1, 0.15) is 4.88 Å². The second kappa shape index (κ2) is 7.35. The molecule has 132 valence electrons. The lowest BCUT2D eigenvalue weighted by atomic mass is 9.73. The van der Waals surface area contributed by atoms with Gasteiger partial charge in [0.2, 0.25) is 0 Å². The molecule has 2 heterocycles. The molecule has 1 aromatic carbocycles. The highest BCUT2D eigenvalue weighted by molar-refractivity contribution is 7.13. The van der Waals surface area contributed by atoms with Crippen molar-refractivity contribution in [3.8, 4) is 0 Å². The Kier molecular flexibility index (Phi) is 5.18. The SMILES string of the molecule is CCCc1ncc(C(=O)N2CCC(C(=O)O)(c3ccccc3)CC2)s1. The molecular formula is C19H22N2O3S. The van der Waals surface area contributed by atoms with Gasteiger partial charge in [0.25, 0.3) is 5.91 Å². The van der Waals surface area contributed by atoms with Gasteiger partial charge in [0, 0.05) is 13.1 Å². The highest BCUT2D eigenvalue weighted by atomic mass is 32.1. The van der Waals surface area contributed by atoms with E-state index in [1.807, 2.05) is 30.3 Å². The van der Waals surface area contributed by atoms with Gasteiger partial charge < -0.3 is 10.0 Å². The number of benzene rings is 1. The maximum atomic E-state index is 12.7. The smallest absolute Gasteiger partial charge is 0.314 e. The first kappa shape index (κ1) is 17.6. The van der Waals surface area contributed by atoms with Crippen LogP contribution >= 0.6 is 11.3 Å². The number of hydrogen-bond acceptors (Lipinski definition) is 4. The Bertz CT molecular complexity index is 749. The number of piperidine rings is 1. The van der Waals surface area contributed by atoms with Crippen molar-refractivity contribution in [2.24, 2.45) is 0 Å². The van der Waals surface area contributed by atoms with Crippen LogP contribution in [0.4, 0.5) is 0 Å². The number of hydrogen-bond donors (Lipinski definition) is 1.